The van der Waals surface area contributed by atoms with Gasteiger partial charge in [0.1, 0.15) is 0 Å². The number of aryl methyl sites for hydroxylation is 4. The molecule has 0 spiro atoms. The van der Waals surface area contributed by atoms with Crippen molar-refractivity contribution in [2.45, 2.75) is 112 Å². The van der Waals surface area contributed by atoms with Crippen LogP contribution in [0.25, 0.3) is 43.8 Å². The first-order valence-electron chi connectivity index (χ1n) is 18.3. The van der Waals surface area contributed by atoms with Gasteiger partial charge in [-0.15, -0.1) is 56.9 Å². The van der Waals surface area contributed by atoms with E-state index < -0.39 is 20.8 Å². The average molecular weight is 813 g/mol. The standard InChI is InChI=1S/C22H25.C21H23.C4H10Si.2ClH.Zr/c1-6-16-13-18-11-15(2)12-20(21(18)14-16)17-7-9-19(10-8-17)22(3,4)5;1-14-10-17-11-15(2)13-20(17)19(12-14)16-6-8-18(9-7-16)21(3,4)5;1-3-5-4-2;;;/h7-14H,6H2,1-5H3;6-13H,1-5H3;3-4H2,1-2H3;2*1H;/q2*-1;;;;+4/p-2. The molecule has 0 unspecified atom stereocenters. The summed E-state index contributed by atoms with van der Waals surface area (Å²) in [7, 11) is 11.1. The summed E-state index contributed by atoms with van der Waals surface area (Å²) in [5.74, 6) is 0. The molecule has 0 fully saturated rings. The molecule has 0 nitrogen and oxygen atoms in total. The van der Waals surface area contributed by atoms with Crippen LogP contribution in [-0.4, -0.2) is 9.52 Å². The van der Waals surface area contributed by atoms with E-state index >= 15 is 0 Å². The van der Waals surface area contributed by atoms with Crippen LogP contribution in [0.4, 0.5) is 0 Å². The van der Waals surface area contributed by atoms with Gasteiger partial charge in [-0.3, -0.25) is 0 Å². The Morgan fingerprint density at radius 3 is 1.31 bits per heavy atom. The zero-order chi connectivity index (χ0) is 37.9. The molecule has 6 aromatic rings. The fourth-order valence-electron chi connectivity index (χ4n) is 6.39. The molecule has 0 aliphatic rings. The van der Waals surface area contributed by atoms with Crippen LogP contribution >= 0.6 is 17.0 Å². The second-order valence-corrected chi connectivity index (χ2v) is 21.2. The summed E-state index contributed by atoms with van der Waals surface area (Å²) in [6, 6.07) is 39.3. The zero-order valence-electron chi connectivity index (χ0n) is 33.1. The van der Waals surface area contributed by atoms with Crippen LogP contribution in [-0.2, 0) is 38.1 Å². The van der Waals surface area contributed by atoms with Crippen molar-refractivity contribution in [2.24, 2.45) is 0 Å². The van der Waals surface area contributed by atoms with Gasteiger partial charge < -0.3 is 0 Å². The molecule has 6 rings (SSSR count). The maximum atomic E-state index is 4.93. The molecule has 51 heavy (non-hydrogen) atoms. The van der Waals surface area contributed by atoms with Crippen LogP contribution in [0.3, 0.4) is 0 Å². The quantitative estimate of drug-likeness (QED) is 0.120. The Bertz CT molecular complexity index is 1940. The van der Waals surface area contributed by atoms with E-state index in [0.29, 0.717) is 0 Å². The topological polar surface area (TPSA) is 0 Å². The zero-order valence-corrected chi connectivity index (χ0v) is 38.1. The third-order valence-corrected chi connectivity index (χ3v) is 10.2. The van der Waals surface area contributed by atoms with E-state index in [2.05, 4.69) is 180 Å². The van der Waals surface area contributed by atoms with Gasteiger partial charge >= 0.3 is 37.9 Å². The summed E-state index contributed by atoms with van der Waals surface area (Å²) >= 11 is -0.826. The van der Waals surface area contributed by atoms with Gasteiger partial charge in [0.25, 0.3) is 0 Å². The van der Waals surface area contributed by atoms with Gasteiger partial charge in [-0.1, -0.05) is 164 Å². The molecular formula is C47H58Cl2SiZr. The Morgan fingerprint density at radius 2 is 0.961 bits per heavy atom. The normalized spacial score (nSPS) is 11.2. The first kappa shape index (κ1) is 43.2. The Balaban J connectivity index is 0.000000228. The molecule has 268 valence electrons. The van der Waals surface area contributed by atoms with Crippen LogP contribution in [0.15, 0.2) is 97.1 Å². The first-order chi connectivity index (χ1) is 24.1. The molecule has 0 aliphatic heterocycles. The number of hydrogen-bond donors (Lipinski definition) is 0. The molecule has 0 atom stereocenters. The molecule has 0 bridgehead atoms. The van der Waals surface area contributed by atoms with Crippen LogP contribution in [0.1, 0.15) is 95.7 Å². The van der Waals surface area contributed by atoms with E-state index in [1.165, 1.54) is 98.8 Å². The van der Waals surface area contributed by atoms with Crippen LogP contribution in [0, 0.1) is 20.8 Å². The molecule has 4 heteroatoms. The number of halogens is 2. The molecule has 0 aromatic heterocycles. The van der Waals surface area contributed by atoms with E-state index in [1.807, 2.05) is 0 Å². The summed E-state index contributed by atoms with van der Waals surface area (Å²) in [5, 5.41) is 5.46. The van der Waals surface area contributed by atoms with Crippen molar-refractivity contribution in [3.05, 3.63) is 130 Å². The fraction of sp³-hybridized carbons (Fsp3) is 0.362. The molecule has 2 radical (unpaired) electrons. The average Bonchev–Trinajstić information content (AvgIpc) is 3.67. The molecule has 0 saturated heterocycles. The predicted octanol–water partition coefficient (Wildman–Crippen LogP) is 15.5. The Morgan fingerprint density at radius 1 is 0.569 bits per heavy atom. The van der Waals surface area contributed by atoms with E-state index in [1.54, 1.807) is 0 Å². The van der Waals surface area contributed by atoms with Crippen molar-refractivity contribution >= 4 is 48.1 Å². The number of rotatable bonds is 5. The molecule has 0 aliphatic carbocycles. The van der Waals surface area contributed by atoms with Gasteiger partial charge in [0.15, 0.2) is 0 Å². The van der Waals surface area contributed by atoms with Crippen LogP contribution < -0.4 is 0 Å². The van der Waals surface area contributed by atoms with E-state index in [-0.39, 0.29) is 10.8 Å². The fourth-order valence-corrected chi connectivity index (χ4v) is 6.89. The van der Waals surface area contributed by atoms with Gasteiger partial charge in [-0.25, -0.2) is 0 Å². The minimum atomic E-state index is -0.826. The summed E-state index contributed by atoms with van der Waals surface area (Å²) in [5.41, 5.74) is 13.9. The number of hydrogen-bond acceptors (Lipinski definition) is 0. The predicted molar refractivity (Wildman–Crippen MR) is 229 cm³/mol. The van der Waals surface area contributed by atoms with Crippen molar-refractivity contribution in [3.8, 4) is 22.3 Å². The molecule has 0 amide bonds. The summed E-state index contributed by atoms with van der Waals surface area (Å²) in [6.07, 6.45) is 1.09. The third-order valence-electron chi connectivity index (χ3n) is 9.17. The SMILES string of the molecule is CC[Si]CC.CCc1cc2c(-c3ccc(C(C)(C)C)cc3)cc(C)cc2[cH-]1.Cc1cc(-c2ccc(C(C)(C)C)cc2)c2cc(C)[cH-]c2c1.[Cl][Zr+2][Cl]. The molecule has 6 aromatic carbocycles. The second-order valence-electron chi connectivity index (χ2n) is 15.6. The first-order valence-corrected chi connectivity index (χ1v) is 26.1. The van der Waals surface area contributed by atoms with Crippen molar-refractivity contribution in [1.82, 2.24) is 0 Å². The Hall–Kier alpha value is -2.22. The number of benzene rings is 4. The number of fused-ring (bicyclic) bond motifs is 2. The molecular weight excluding hydrogens is 755 g/mol. The minimum absolute atomic E-state index is 0.205. The van der Waals surface area contributed by atoms with Gasteiger partial charge in [-0.2, -0.15) is 12.1 Å². The van der Waals surface area contributed by atoms with E-state index in [0.717, 1.165) is 6.42 Å². The van der Waals surface area contributed by atoms with Gasteiger partial charge in [0, 0.05) is 9.52 Å². The molecule has 0 N–H and O–H groups in total. The molecule has 0 heterocycles. The summed E-state index contributed by atoms with van der Waals surface area (Å²) in [6.45, 7) is 26.8. The third kappa shape index (κ3) is 12.4. The van der Waals surface area contributed by atoms with Crippen molar-refractivity contribution in [1.29, 1.82) is 0 Å². The summed E-state index contributed by atoms with van der Waals surface area (Å²) in [4.78, 5) is 0. The van der Waals surface area contributed by atoms with Gasteiger partial charge in [0.05, 0.1) is 0 Å². The van der Waals surface area contributed by atoms with E-state index in [4.69, 9.17) is 17.0 Å². The van der Waals surface area contributed by atoms with Gasteiger partial charge in [0.2, 0.25) is 0 Å². The maximum absolute atomic E-state index is 4.93. The van der Waals surface area contributed by atoms with Crippen molar-refractivity contribution in [2.75, 3.05) is 0 Å². The molecule has 0 saturated carbocycles. The van der Waals surface area contributed by atoms with E-state index in [9.17, 15) is 0 Å². The van der Waals surface area contributed by atoms with Crippen molar-refractivity contribution < 1.29 is 20.8 Å². The van der Waals surface area contributed by atoms with Gasteiger partial charge in [-0.05, 0) is 53.4 Å². The van der Waals surface area contributed by atoms with Crippen LogP contribution in [0.5, 0.6) is 0 Å². The monoisotopic (exact) mass is 810 g/mol. The Labute approximate surface area is 331 Å². The van der Waals surface area contributed by atoms with Crippen LogP contribution in [0.2, 0.25) is 12.1 Å². The Kier molecular flexibility index (Phi) is 16.7. The van der Waals surface area contributed by atoms with Crippen molar-refractivity contribution in [3.63, 3.8) is 0 Å². The summed E-state index contributed by atoms with van der Waals surface area (Å²) < 4.78 is 0. The second kappa shape index (κ2) is 19.7.